The van der Waals surface area contributed by atoms with Gasteiger partial charge in [0.2, 0.25) is 5.91 Å². The van der Waals surface area contributed by atoms with Crippen molar-refractivity contribution in [1.29, 1.82) is 0 Å². The van der Waals surface area contributed by atoms with Crippen LogP contribution in [0.2, 0.25) is 0 Å². The normalized spacial score (nSPS) is 9.86. The SMILES string of the molecule is CC(=O)NCCc1ccc(O)c(Br)c1. The molecule has 1 aromatic carbocycles. The first-order chi connectivity index (χ1) is 6.59. The zero-order valence-corrected chi connectivity index (χ0v) is 9.47. The van der Waals surface area contributed by atoms with Crippen molar-refractivity contribution in [3.8, 4) is 5.75 Å². The summed E-state index contributed by atoms with van der Waals surface area (Å²) in [4.78, 5) is 10.6. The summed E-state index contributed by atoms with van der Waals surface area (Å²) in [6.45, 7) is 2.11. The number of aromatic hydroxyl groups is 1. The second-order valence-corrected chi connectivity index (χ2v) is 3.87. The van der Waals surface area contributed by atoms with Crippen LogP contribution in [0.3, 0.4) is 0 Å². The molecule has 0 spiro atoms. The monoisotopic (exact) mass is 257 g/mol. The quantitative estimate of drug-likeness (QED) is 0.869. The third-order valence-electron chi connectivity index (χ3n) is 1.80. The molecule has 0 bridgehead atoms. The molecule has 0 aliphatic rings. The molecule has 1 amide bonds. The van der Waals surface area contributed by atoms with Gasteiger partial charge in [0.25, 0.3) is 0 Å². The Morgan fingerprint density at radius 3 is 2.86 bits per heavy atom. The van der Waals surface area contributed by atoms with E-state index in [4.69, 9.17) is 0 Å². The van der Waals surface area contributed by atoms with Crippen LogP contribution in [0, 0.1) is 0 Å². The van der Waals surface area contributed by atoms with Crippen LogP contribution in [0.5, 0.6) is 5.75 Å². The Hall–Kier alpha value is -1.03. The molecule has 0 aromatic heterocycles. The molecule has 0 unspecified atom stereocenters. The highest BCUT2D eigenvalue weighted by molar-refractivity contribution is 9.10. The van der Waals surface area contributed by atoms with Crippen molar-refractivity contribution in [2.24, 2.45) is 0 Å². The van der Waals surface area contributed by atoms with Crippen molar-refractivity contribution in [3.05, 3.63) is 28.2 Å². The lowest BCUT2D eigenvalue weighted by Gasteiger charge is -2.04. The Morgan fingerprint density at radius 2 is 2.29 bits per heavy atom. The van der Waals surface area contributed by atoms with Gasteiger partial charge in [0.1, 0.15) is 5.75 Å². The number of carbonyl (C=O) groups excluding carboxylic acids is 1. The minimum absolute atomic E-state index is 0.0251. The summed E-state index contributed by atoms with van der Waals surface area (Å²) < 4.78 is 0.679. The highest BCUT2D eigenvalue weighted by Crippen LogP contribution is 2.24. The van der Waals surface area contributed by atoms with Gasteiger partial charge < -0.3 is 10.4 Å². The second-order valence-electron chi connectivity index (χ2n) is 3.02. The Labute approximate surface area is 91.3 Å². The summed E-state index contributed by atoms with van der Waals surface area (Å²) in [6, 6.07) is 5.31. The first kappa shape index (κ1) is 11.0. The average molecular weight is 258 g/mol. The molecule has 76 valence electrons. The molecule has 4 heteroatoms. The van der Waals surface area contributed by atoms with Crippen LogP contribution >= 0.6 is 15.9 Å². The third kappa shape index (κ3) is 3.38. The smallest absolute Gasteiger partial charge is 0.216 e. The molecule has 2 N–H and O–H groups in total. The molecule has 3 nitrogen and oxygen atoms in total. The maximum Gasteiger partial charge on any atom is 0.216 e. The number of benzene rings is 1. The molecule has 1 rings (SSSR count). The summed E-state index contributed by atoms with van der Waals surface area (Å²) in [5.74, 6) is 0.205. The number of amides is 1. The Bertz CT molecular complexity index is 339. The van der Waals surface area contributed by atoms with Gasteiger partial charge in [-0.3, -0.25) is 4.79 Å². The molecular formula is C10H12BrNO2. The van der Waals surface area contributed by atoms with Gasteiger partial charge in [-0.15, -0.1) is 0 Å². The van der Waals surface area contributed by atoms with Gasteiger partial charge in [-0.05, 0) is 40.0 Å². The fourth-order valence-electron chi connectivity index (χ4n) is 1.09. The number of phenolic OH excluding ortho intramolecular Hbond substituents is 1. The average Bonchev–Trinajstić information content (AvgIpc) is 2.10. The molecule has 0 heterocycles. The van der Waals surface area contributed by atoms with Gasteiger partial charge in [0, 0.05) is 13.5 Å². The number of halogens is 1. The minimum Gasteiger partial charge on any atom is -0.507 e. The number of hydrogen-bond acceptors (Lipinski definition) is 2. The largest absolute Gasteiger partial charge is 0.507 e. The topological polar surface area (TPSA) is 49.3 Å². The van der Waals surface area contributed by atoms with E-state index in [-0.39, 0.29) is 11.7 Å². The van der Waals surface area contributed by atoms with E-state index in [0.29, 0.717) is 11.0 Å². The van der Waals surface area contributed by atoms with E-state index in [1.165, 1.54) is 6.92 Å². The van der Waals surface area contributed by atoms with Crippen LogP contribution in [0.25, 0.3) is 0 Å². The van der Waals surface area contributed by atoms with E-state index >= 15 is 0 Å². The zero-order valence-electron chi connectivity index (χ0n) is 7.88. The van der Waals surface area contributed by atoms with Gasteiger partial charge in [0.15, 0.2) is 0 Å². The van der Waals surface area contributed by atoms with Crippen LogP contribution in [-0.4, -0.2) is 17.6 Å². The standard InChI is InChI=1S/C10H12BrNO2/c1-7(13)12-5-4-8-2-3-10(14)9(11)6-8/h2-3,6,14H,4-5H2,1H3,(H,12,13). The fourth-order valence-corrected chi connectivity index (χ4v) is 1.51. The molecule has 0 radical (unpaired) electrons. The lowest BCUT2D eigenvalue weighted by molar-refractivity contribution is -0.118. The number of phenols is 1. The van der Waals surface area contributed by atoms with E-state index < -0.39 is 0 Å². The summed E-state index contributed by atoms with van der Waals surface area (Å²) >= 11 is 3.23. The minimum atomic E-state index is -0.0251. The molecule has 0 saturated carbocycles. The highest BCUT2D eigenvalue weighted by Gasteiger charge is 1.99. The van der Waals surface area contributed by atoms with Gasteiger partial charge in [0.05, 0.1) is 4.47 Å². The molecule has 0 fully saturated rings. The van der Waals surface area contributed by atoms with Crippen molar-refractivity contribution < 1.29 is 9.90 Å². The predicted molar refractivity (Wildman–Crippen MR) is 58.2 cm³/mol. The van der Waals surface area contributed by atoms with E-state index in [0.717, 1.165) is 12.0 Å². The molecule has 0 aliphatic heterocycles. The lowest BCUT2D eigenvalue weighted by atomic mass is 10.1. The van der Waals surface area contributed by atoms with E-state index in [2.05, 4.69) is 21.2 Å². The summed E-state index contributed by atoms with van der Waals surface area (Å²) in [5, 5.41) is 12.0. The zero-order chi connectivity index (χ0) is 10.6. The van der Waals surface area contributed by atoms with E-state index in [1.807, 2.05) is 12.1 Å². The van der Waals surface area contributed by atoms with Crippen LogP contribution in [-0.2, 0) is 11.2 Å². The number of rotatable bonds is 3. The van der Waals surface area contributed by atoms with E-state index in [9.17, 15) is 9.90 Å². The number of carbonyl (C=O) groups is 1. The van der Waals surface area contributed by atoms with Crippen LogP contribution < -0.4 is 5.32 Å². The van der Waals surface area contributed by atoms with Gasteiger partial charge >= 0.3 is 0 Å². The fraction of sp³-hybridized carbons (Fsp3) is 0.300. The number of hydrogen-bond donors (Lipinski definition) is 2. The Morgan fingerprint density at radius 1 is 1.57 bits per heavy atom. The summed E-state index contributed by atoms with van der Waals surface area (Å²) in [5.41, 5.74) is 1.07. The van der Waals surface area contributed by atoms with Crippen molar-refractivity contribution >= 4 is 21.8 Å². The van der Waals surface area contributed by atoms with Crippen molar-refractivity contribution in [3.63, 3.8) is 0 Å². The third-order valence-corrected chi connectivity index (χ3v) is 2.43. The number of nitrogens with one attached hydrogen (secondary N) is 1. The Kier molecular flexibility index (Phi) is 3.95. The summed E-state index contributed by atoms with van der Waals surface area (Å²) in [7, 11) is 0. The second kappa shape index (κ2) is 5.00. The Balaban J connectivity index is 2.51. The van der Waals surface area contributed by atoms with Gasteiger partial charge in [-0.2, -0.15) is 0 Å². The first-order valence-corrected chi connectivity index (χ1v) is 5.10. The molecule has 14 heavy (non-hydrogen) atoms. The molecule has 0 atom stereocenters. The molecule has 1 aromatic rings. The maximum absolute atomic E-state index is 10.6. The predicted octanol–water partition coefficient (Wildman–Crippen LogP) is 1.83. The molecular weight excluding hydrogens is 246 g/mol. The molecule has 0 aliphatic carbocycles. The summed E-state index contributed by atoms with van der Waals surface area (Å²) in [6.07, 6.45) is 0.762. The van der Waals surface area contributed by atoms with Gasteiger partial charge in [-0.1, -0.05) is 6.07 Å². The van der Waals surface area contributed by atoms with Crippen LogP contribution in [0.15, 0.2) is 22.7 Å². The first-order valence-electron chi connectivity index (χ1n) is 4.31. The lowest BCUT2D eigenvalue weighted by Crippen LogP contribution is -2.22. The van der Waals surface area contributed by atoms with Gasteiger partial charge in [-0.25, -0.2) is 0 Å². The van der Waals surface area contributed by atoms with Crippen molar-refractivity contribution in [2.45, 2.75) is 13.3 Å². The maximum atomic E-state index is 10.6. The van der Waals surface area contributed by atoms with Crippen LogP contribution in [0.4, 0.5) is 0 Å². The molecule has 0 saturated heterocycles. The highest BCUT2D eigenvalue weighted by atomic mass is 79.9. The van der Waals surface area contributed by atoms with Crippen molar-refractivity contribution in [2.75, 3.05) is 6.54 Å². The van der Waals surface area contributed by atoms with Crippen molar-refractivity contribution in [1.82, 2.24) is 5.32 Å². The van der Waals surface area contributed by atoms with Crippen LogP contribution in [0.1, 0.15) is 12.5 Å². The van der Waals surface area contributed by atoms with E-state index in [1.54, 1.807) is 6.07 Å².